The molecule has 2 aromatic rings. The second-order valence-corrected chi connectivity index (χ2v) is 6.75. The number of hydrogen-bond acceptors (Lipinski definition) is 3. The van der Waals surface area contributed by atoms with Crippen molar-refractivity contribution >= 4 is 35.0 Å². The standard InChI is InChI=1S/C21H24N4O3/c1-4-15(2)22-19(26)14-24-17-12-8-9-13-18(17)25(16-10-6-5-7-11-16)21(28)23(3)20(24)27/h5-13,15H,4,14H2,1-3H3,(H,22,26). The number of amides is 5. The summed E-state index contributed by atoms with van der Waals surface area (Å²) in [5.74, 6) is -0.272. The molecule has 0 aromatic heterocycles. The van der Waals surface area contributed by atoms with Gasteiger partial charge < -0.3 is 5.32 Å². The van der Waals surface area contributed by atoms with Crippen LogP contribution in [0.5, 0.6) is 0 Å². The van der Waals surface area contributed by atoms with Gasteiger partial charge in [-0.05, 0) is 37.6 Å². The molecule has 5 amide bonds. The van der Waals surface area contributed by atoms with Gasteiger partial charge in [-0.3, -0.25) is 14.6 Å². The zero-order chi connectivity index (χ0) is 20.3. The predicted molar refractivity (Wildman–Crippen MR) is 109 cm³/mol. The van der Waals surface area contributed by atoms with Crippen LogP contribution >= 0.6 is 0 Å². The van der Waals surface area contributed by atoms with E-state index in [-0.39, 0.29) is 18.5 Å². The third-order valence-electron chi connectivity index (χ3n) is 4.75. The van der Waals surface area contributed by atoms with Gasteiger partial charge in [0.2, 0.25) is 5.91 Å². The minimum absolute atomic E-state index is 0.00463. The van der Waals surface area contributed by atoms with Gasteiger partial charge in [-0.2, -0.15) is 0 Å². The van der Waals surface area contributed by atoms with E-state index >= 15 is 0 Å². The topological polar surface area (TPSA) is 73.0 Å². The summed E-state index contributed by atoms with van der Waals surface area (Å²) in [6.45, 7) is 3.71. The first-order valence-electron chi connectivity index (χ1n) is 9.26. The number of nitrogens with one attached hydrogen (secondary N) is 1. The average Bonchev–Trinajstić information content (AvgIpc) is 2.78. The number of benzene rings is 2. The number of imide groups is 1. The van der Waals surface area contributed by atoms with Crippen molar-refractivity contribution < 1.29 is 14.4 Å². The van der Waals surface area contributed by atoms with E-state index in [1.165, 1.54) is 16.8 Å². The van der Waals surface area contributed by atoms with Crippen LogP contribution in [0.2, 0.25) is 0 Å². The Labute approximate surface area is 164 Å². The Morgan fingerprint density at radius 1 is 0.964 bits per heavy atom. The summed E-state index contributed by atoms with van der Waals surface area (Å²) in [5.41, 5.74) is 1.70. The minimum atomic E-state index is -0.546. The molecule has 1 aliphatic heterocycles. The van der Waals surface area contributed by atoms with Crippen LogP contribution in [0.3, 0.4) is 0 Å². The Morgan fingerprint density at radius 2 is 1.57 bits per heavy atom. The van der Waals surface area contributed by atoms with Crippen LogP contribution in [0.1, 0.15) is 20.3 Å². The Kier molecular flexibility index (Phi) is 5.63. The molecule has 7 heteroatoms. The number of urea groups is 2. The van der Waals surface area contributed by atoms with Gasteiger partial charge in [0.1, 0.15) is 6.54 Å². The molecule has 0 spiro atoms. The molecule has 1 N–H and O–H groups in total. The van der Waals surface area contributed by atoms with Crippen molar-refractivity contribution in [1.82, 2.24) is 10.2 Å². The molecule has 0 aliphatic carbocycles. The van der Waals surface area contributed by atoms with Crippen molar-refractivity contribution in [2.75, 3.05) is 23.4 Å². The number of hydrogen-bond donors (Lipinski definition) is 1. The van der Waals surface area contributed by atoms with E-state index in [1.807, 2.05) is 32.0 Å². The SMILES string of the molecule is CCC(C)NC(=O)CN1C(=O)N(C)C(=O)N(c2ccccc2)c2ccccc21. The number of para-hydroxylation sites is 3. The Balaban J connectivity index is 2.05. The smallest absolute Gasteiger partial charge is 0.337 e. The molecule has 28 heavy (non-hydrogen) atoms. The maximum absolute atomic E-state index is 13.1. The van der Waals surface area contributed by atoms with E-state index in [2.05, 4.69) is 5.32 Å². The molecule has 1 atom stereocenters. The molecule has 0 saturated carbocycles. The molecule has 0 saturated heterocycles. The Bertz CT molecular complexity index is 884. The summed E-state index contributed by atoms with van der Waals surface area (Å²) in [7, 11) is 1.42. The molecular weight excluding hydrogens is 356 g/mol. The first kappa shape index (κ1) is 19.4. The number of carbonyl (C=O) groups excluding carboxylic acids is 3. The monoisotopic (exact) mass is 380 g/mol. The van der Waals surface area contributed by atoms with Crippen LogP contribution in [0.4, 0.5) is 26.7 Å². The highest BCUT2D eigenvalue weighted by atomic mass is 16.2. The summed E-state index contributed by atoms with van der Waals surface area (Å²) < 4.78 is 0. The predicted octanol–water partition coefficient (Wildman–Crippen LogP) is 3.73. The third kappa shape index (κ3) is 3.69. The lowest BCUT2D eigenvalue weighted by Crippen LogP contribution is -2.49. The van der Waals surface area contributed by atoms with Crippen molar-refractivity contribution in [1.29, 1.82) is 0 Å². The van der Waals surface area contributed by atoms with Crippen LogP contribution in [-0.2, 0) is 4.79 Å². The zero-order valence-corrected chi connectivity index (χ0v) is 16.3. The van der Waals surface area contributed by atoms with E-state index in [0.29, 0.717) is 17.1 Å². The van der Waals surface area contributed by atoms with Gasteiger partial charge in [-0.1, -0.05) is 37.3 Å². The highest BCUT2D eigenvalue weighted by Gasteiger charge is 2.37. The fraction of sp³-hybridized carbons (Fsp3) is 0.286. The van der Waals surface area contributed by atoms with Gasteiger partial charge in [0.15, 0.2) is 0 Å². The third-order valence-corrected chi connectivity index (χ3v) is 4.75. The summed E-state index contributed by atoms with van der Waals surface area (Å²) in [5, 5.41) is 2.87. The van der Waals surface area contributed by atoms with Crippen molar-refractivity contribution in [3.63, 3.8) is 0 Å². The van der Waals surface area contributed by atoms with Crippen LogP contribution in [0.25, 0.3) is 0 Å². The van der Waals surface area contributed by atoms with Gasteiger partial charge in [-0.15, -0.1) is 0 Å². The van der Waals surface area contributed by atoms with E-state index < -0.39 is 12.1 Å². The molecule has 146 valence electrons. The second kappa shape index (κ2) is 8.12. The van der Waals surface area contributed by atoms with Gasteiger partial charge in [-0.25, -0.2) is 14.5 Å². The summed E-state index contributed by atoms with van der Waals surface area (Å²) >= 11 is 0. The van der Waals surface area contributed by atoms with Crippen molar-refractivity contribution in [2.45, 2.75) is 26.3 Å². The van der Waals surface area contributed by atoms with Crippen LogP contribution < -0.4 is 15.1 Å². The first-order valence-corrected chi connectivity index (χ1v) is 9.26. The lowest BCUT2D eigenvalue weighted by molar-refractivity contribution is -0.120. The number of nitrogens with zero attached hydrogens (tertiary/aromatic N) is 3. The Hall–Kier alpha value is -3.35. The van der Waals surface area contributed by atoms with E-state index in [4.69, 9.17) is 0 Å². The normalized spacial score (nSPS) is 15.2. The summed E-state index contributed by atoms with van der Waals surface area (Å²) in [6, 6.07) is 15.2. The largest absolute Gasteiger partial charge is 0.352 e. The van der Waals surface area contributed by atoms with Gasteiger partial charge in [0.05, 0.1) is 17.1 Å². The number of fused-ring (bicyclic) bond motifs is 1. The molecular formula is C21H24N4O3. The van der Waals surface area contributed by atoms with E-state index in [1.54, 1.807) is 36.4 Å². The molecule has 0 bridgehead atoms. The van der Waals surface area contributed by atoms with Crippen LogP contribution in [0.15, 0.2) is 54.6 Å². The lowest BCUT2D eigenvalue weighted by Gasteiger charge is -2.24. The maximum atomic E-state index is 13.1. The molecule has 3 rings (SSSR count). The quantitative estimate of drug-likeness (QED) is 0.859. The highest BCUT2D eigenvalue weighted by Crippen LogP contribution is 2.37. The number of anilines is 3. The summed E-state index contributed by atoms with van der Waals surface area (Å²) in [4.78, 5) is 42.4. The minimum Gasteiger partial charge on any atom is -0.352 e. The molecule has 7 nitrogen and oxygen atoms in total. The van der Waals surface area contributed by atoms with E-state index in [0.717, 1.165) is 11.3 Å². The molecule has 1 heterocycles. The second-order valence-electron chi connectivity index (χ2n) is 6.75. The van der Waals surface area contributed by atoms with E-state index in [9.17, 15) is 14.4 Å². The molecule has 0 radical (unpaired) electrons. The average molecular weight is 380 g/mol. The first-order chi connectivity index (χ1) is 13.4. The molecule has 2 aromatic carbocycles. The van der Waals surface area contributed by atoms with Crippen LogP contribution in [-0.4, -0.2) is 42.5 Å². The van der Waals surface area contributed by atoms with Crippen molar-refractivity contribution in [2.24, 2.45) is 0 Å². The molecule has 0 fully saturated rings. The number of rotatable bonds is 5. The van der Waals surface area contributed by atoms with Gasteiger partial charge in [0.25, 0.3) is 0 Å². The Morgan fingerprint density at radius 3 is 2.21 bits per heavy atom. The van der Waals surface area contributed by atoms with Crippen LogP contribution in [0, 0.1) is 0 Å². The van der Waals surface area contributed by atoms with Crippen molar-refractivity contribution in [3.05, 3.63) is 54.6 Å². The number of carbonyl (C=O) groups is 3. The van der Waals surface area contributed by atoms with Crippen molar-refractivity contribution in [3.8, 4) is 0 Å². The summed E-state index contributed by atoms with van der Waals surface area (Å²) in [6.07, 6.45) is 0.788. The maximum Gasteiger partial charge on any atom is 0.337 e. The highest BCUT2D eigenvalue weighted by molar-refractivity contribution is 6.16. The lowest BCUT2D eigenvalue weighted by atomic mass is 10.2. The van der Waals surface area contributed by atoms with Gasteiger partial charge >= 0.3 is 12.1 Å². The molecule has 1 unspecified atom stereocenters. The van der Waals surface area contributed by atoms with Gasteiger partial charge in [0, 0.05) is 13.1 Å². The fourth-order valence-electron chi connectivity index (χ4n) is 3.05. The zero-order valence-electron chi connectivity index (χ0n) is 16.3. The fourth-order valence-corrected chi connectivity index (χ4v) is 3.05. The molecule has 1 aliphatic rings.